The molecule has 12 heteroatoms. The number of carboxylic acid groups (broad SMARTS) is 1. The van der Waals surface area contributed by atoms with Gasteiger partial charge in [0.15, 0.2) is 4.34 Å². The van der Waals surface area contributed by atoms with E-state index in [1.165, 1.54) is 39.8 Å². The number of nitrogens with zero attached hydrogens (tertiary/aromatic N) is 3. The zero-order valence-corrected chi connectivity index (χ0v) is 21.7. The molecule has 1 aromatic heterocycles. The number of carbonyl (C=O) groups is 3. The van der Waals surface area contributed by atoms with Crippen LogP contribution in [0.15, 0.2) is 34.7 Å². The van der Waals surface area contributed by atoms with Crippen molar-refractivity contribution in [2.45, 2.75) is 46.8 Å². The van der Waals surface area contributed by atoms with Gasteiger partial charge in [-0.3, -0.25) is 9.59 Å². The molecule has 31 heavy (non-hydrogen) atoms. The van der Waals surface area contributed by atoms with Crippen LogP contribution in [0.25, 0.3) is 0 Å². The molecule has 1 aromatic carbocycles. The maximum Gasteiger partial charge on any atom is 1.00 e. The molecule has 0 bridgehead atoms. The van der Waals surface area contributed by atoms with E-state index in [1.807, 2.05) is 44.2 Å². The first-order valence-corrected chi connectivity index (χ1v) is 11.9. The number of aromatic nitrogens is 2. The molecule has 2 aromatic rings. The molecule has 0 spiro atoms. The number of amides is 2. The number of fused-ring (bicyclic) bond motifs is 1. The third kappa shape index (κ3) is 4.96. The van der Waals surface area contributed by atoms with Gasteiger partial charge in [0, 0.05) is 5.75 Å². The Morgan fingerprint density at radius 2 is 2.00 bits per heavy atom. The van der Waals surface area contributed by atoms with Crippen molar-refractivity contribution >= 4 is 52.6 Å². The number of aliphatic carboxylic acids is 1. The fourth-order valence-electron chi connectivity index (χ4n) is 3.68. The summed E-state index contributed by atoms with van der Waals surface area (Å²) >= 11 is 4.24. The van der Waals surface area contributed by atoms with Gasteiger partial charge in [0.05, 0.1) is 23.2 Å². The van der Waals surface area contributed by atoms with E-state index in [2.05, 4.69) is 15.5 Å². The van der Waals surface area contributed by atoms with Crippen LogP contribution in [0.3, 0.4) is 0 Å². The SMILES string of the molecule is Cc1nnc(SCC2(C)S[C@H]3C(NC(=O)Cc4ccccc4)C(=O)N3C2C(=O)[O-])s1.[Na+]. The average Bonchev–Trinajstić information content (AvgIpc) is 3.25. The van der Waals surface area contributed by atoms with Crippen molar-refractivity contribution in [2.75, 3.05) is 5.75 Å². The van der Waals surface area contributed by atoms with Crippen molar-refractivity contribution < 1.29 is 49.0 Å². The summed E-state index contributed by atoms with van der Waals surface area (Å²) in [5.41, 5.74) is 0.846. The summed E-state index contributed by atoms with van der Waals surface area (Å²) in [6.45, 7) is 3.67. The van der Waals surface area contributed by atoms with Crippen molar-refractivity contribution in [3.8, 4) is 0 Å². The molecule has 2 fully saturated rings. The van der Waals surface area contributed by atoms with Gasteiger partial charge >= 0.3 is 29.6 Å². The summed E-state index contributed by atoms with van der Waals surface area (Å²) in [6, 6.07) is 7.44. The number of rotatable bonds is 7. The number of carboxylic acids is 1. The van der Waals surface area contributed by atoms with Crippen LogP contribution in [0.5, 0.6) is 0 Å². The first-order valence-electron chi connectivity index (χ1n) is 9.25. The molecular weight excluding hydrogens is 467 g/mol. The molecule has 2 aliphatic heterocycles. The Balaban J connectivity index is 0.00000272. The molecule has 4 atom stereocenters. The summed E-state index contributed by atoms with van der Waals surface area (Å²) in [6.07, 6.45) is 0.162. The maximum atomic E-state index is 12.7. The third-order valence-corrected chi connectivity index (χ3v) is 9.20. The molecule has 3 unspecified atom stereocenters. The van der Waals surface area contributed by atoms with E-state index < -0.39 is 28.2 Å². The van der Waals surface area contributed by atoms with Crippen molar-refractivity contribution in [3.05, 3.63) is 40.9 Å². The topological polar surface area (TPSA) is 115 Å². The van der Waals surface area contributed by atoms with Crippen LogP contribution in [0.4, 0.5) is 0 Å². The van der Waals surface area contributed by atoms with Gasteiger partial charge in [0.1, 0.15) is 16.4 Å². The molecule has 3 heterocycles. The number of benzene rings is 1. The molecule has 0 aliphatic carbocycles. The molecule has 2 saturated heterocycles. The van der Waals surface area contributed by atoms with Crippen molar-refractivity contribution in [1.29, 1.82) is 0 Å². The summed E-state index contributed by atoms with van der Waals surface area (Å²) in [5, 5.41) is 23.1. The number of carbonyl (C=O) groups excluding carboxylic acids is 3. The summed E-state index contributed by atoms with van der Waals surface area (Å²) in [4.78, 5) is 38.3. The summed E-state index contributed by atoms with van der Waals surface area (Å²) in [5.74, 6) is -1.51. The Morgan fingerprint density at radius 3 is 2.61 bits per heavy atom. The second-order valence-corrected chi connectivity index (χ2v) is 11.4. The predicted octanol–water partition coefficient (Wildman–Crippen LogP) is -2.54. The second-order valence-electron chi connectivity index (χ2n) is 7.37. The van der Waals surface area contributed by atoms with Crippen LogP contribution in [0.2, 0.25) is 0 Å². The van der Waals surface area contributed by atoms with E-state index in [0.29, 0.717) is 5.75 Å². The number of hydrogen-bond acceptors (Lipinski definition) is 9. The Labute approximate surface area is 214 Å². The van der Waals surface area contributed by atoms with Crippen molar-refractivity contribution in [3.63, 3.8) is 0 Å². The minimum atomic E-state index is -1.29. The van der Waals surface area contributed by atoms with Gasteiger partial charge in [-0.05, 0) is 19.4 Å². The minimum absolute atomic E-state index is 0. The third-order valence-electron chi connectivity index (χ3n) is 5.06. The van der Waals surface area contributed by atoms with Crippen LogP contribution >= 0.6 is 34.9 Å². The summed E-state index contributed by atoms with van der Waals surface area (Å²) in [7, 11) is 0. The molecular formula is C19H19N4NaO4S3. The quantitative estimate of drug-likeness (QED) is 0.259. The van der Waals surface area contributed by atoms with E-state index in [4.69, 9.17) is 0 Å². The molecule has 2 aliphatic rings. The Morgan fingerprint density at radius 1 is 1.29 bits per heavy atom. The van der Waals surface area contributed by atoms with Crippen LogP contribution < -0.4 is 40.0 Å². The largest absolute Gasteiger partial charge is 1.00 e. The fourth-order valence-corrected chi connectivity index (χ4v) is 7.53. The first kappa shape index (κ1) is 24.5. The van der Waals surface area contributed by atoms with Crippen LogP contribution in [0.1, 0.15) is 17.5 Å². The Hall–Kier alpha value is -1.11. The summed E-state index contributed by atoms with van der Waals surface area (Å²) < 4.78 is -0.0258. The maximum absolute atomic E-state index is 12.7. The molecule has 2 amide bonds. The van der Waals surface area contributed by atoms with E-state index in [0.717, 1.165) is 14.9 Å². The first-order chi connectivity index (χ1) is 14.3. The molecule has 0 radical (unpaired) electrons. The Kier molecular flexibility index (Phi) is 7.75. The number of hydrogen-bond donors (Lipinski definition) is 1. The fraction of sp³-hybridized carbons (Fsp3) is 0.421. The van der Waals surface area contributed by atoms with E-state index in [9.17, 15) is 19.5 Å². The number of aryl methyl sites for hydroxylation is 1. The number of nitrogens with one attached hydrogen (secondary N) is 1. The number of β-lactam (4-membered cyclic amide) rings is 1. The normalized spacial score (nSPS) is 26.6. The molecule has 0 saturated carbocycles. The van der Waals surface area contributed by atoms with Gasteiger partial charge in [-0.25, -0.2) is 0 Å². The van der Waals surface area contributed by atoms with E-state index in [-0.39, 0.29) is 47.8 Å². The molecule has 1 N–H and O–H groups in total. The number of thioether (sulfide) groups is 2. The average molecular weight is 487 g/mol. The second kappa shape index (κ2) is 9.80. The molecule has 8 nitrogen and oxygen atoms in total. The van der Waals surface area contributed by atoms with Gasteiger partial charge < -0.3 is 20.1 Å². The van der Waals surface area contributed by atoms with Crippen LogP contribution in [0, 0.1) is 6.92 Å². The molecule has 4 rings (SSSR count). The van der Waals surface area contributed by atoms with Crippen LogP contribution in [-0.2, 0) is 20.8 Å². The standard InChI is InChI=1S/C19H20N4O4S3.Na/c1-10-21-22-18(29-10)28-9-19(2)14(17(26)27)23-15(25)13(16(23)30-19)20-12(24)8-11-6-4-3-5-7-11;/h3-7,13-14,16H,8-9H2,1-2H3,(H,20,24)(H,26,27);/q;+1/p-1/t13?,14?,16-,19?;/m0./s1. The monoisotopic (exact) mass is 486 g/mol. The minimum Gasteiger partial charge on any atom is -0.548 e. The zero-order chi connectivity index (χ0) is 21.5. The molecule has 158 valence electrons. The van der Waals surface area contributed by atoms with Gasteiger partial charge in [0.2, 0.25) is 11.8 Å². The van der Waals surface area contributed by atoms with E-state index >= 15 is 0 Å². The predicted molar refractivity (Wildman–Crippen MR) is 113 cm³/mol. The van der Waals surface area contributed by atoms with Crippen LogP contribution in [-0.4, -0.2) is 60.8 Å². The van der Waals surface area contributed by atoms with E-state index in [1.54, 1.807) is 0 Å². The van der Waals surface area contributed by atoms with Gasteiger partial charge in [-0.15, -0.1) is 22.0 Å². The van der Waals surface area contributed by atoms with Gasteiger partial charge in [-0.1, -0.05) is 53.4 Å². The van der Waals surface area contributed by atoms with Crippen molar-refractivity contribution in [1.82, 2.24) is 20.4 Å². The van der Waals surface area contributed by atoms with Gasteiger partial charge in [0.25, 0.3) is 0 Å². The smallest absolute Gasteiger partial charge is 0.548 e. The Bertz CT molecular complexity index is 992. The van der Waals surface area contributed by atoms with Gasteiger partial charge in [-0.2, -0.15) is 0 Å². The van der Waals surface area contributed by atoms with Crippen molar-refractivity contribution in [2.24, 2.45) is 0 Å². The zero-order valence-electron chi connectivity index (χ0n) is 17.2.